The van der Waals surface area contributed by atoms with Gasteiger partial charge in [0.15, 0.2) is 6.07 Å². The van der Waals surface area contributed by atoms with E-state index in [1.807, 2.05) is 5.92 Å². The molecule has 0 aliphatic rings. The molecule has 6 heteroatoms. The highest BCUT2D eigenvalue weighted by atomic mass is 16.6. The smallest absolute Gasteiger partial charge is 0.336 e. The second kappa shape index (κ2) is 4.58. The van der Waals surface area contributed by atoms with Crippen LogP contribution in [0.15, 0.2) is 18.2 Å². The zero-order chi connectivity index (χ0) is 12.1. The van der Waals surface area contributed by atoms with E-state index in [9.17, 15) is 14.9 Å². The Labute approximate surface area is 89.9 Å². The van der Waals surface area contributed by atoms with E-state index in [0.717, 1.165) is 18.2 Å². The number of carboxylic acids is 1. The number of nitriles is 1. The van der Waals surface area contributed by atoms with Crippen molar-refractivity contribution in [3.63, 3.8) is 0 Å². The first-order valence-electron chi connectivity index (χ1n) is 3.98. The highest BCUT2D eigenvalue weighted by Gasteiger charge is 2.13. The molecule has 0 saturated carbocycles. The van der Waals surface area contributed by atoms with Gasteiger partial charge in [0.1, 0.15) is 0 Å². The summed E-state index contributed by atoms with van der Waals surface area (Å²) in [6.45, 7) is 0. The summed E-state index contributed by atoms with van der Waals surface area (Å²) in [6, 6.07) is 4.68. The second-order valence-corrected chi connectivity index (χ2v) is 2.65. The molecule has 0 radical (unpaired) electrons. The first-order valence-corrected chi connectivity index (χ1v) is 3.98. The molecular formula is C10H4N2O4. The fraction of sp³-hybridized carbons (Fsp3) is 0. The number of hydrogen-bond donors (Lipinski definition) is 1. The van der Waals surface area contributed by atoms with E-state index in [4.69, 9.17) is 10.4 Å². The number of carbonyl (C=O) groups is 1. The fourth-order valence-corrected chi connectivity index (χ4v) is 1.03. The molecule has 78 valence electrons. The van der Waals surface area contributed by atoms with Crippen molar-refractivity contribution in [1.29, 1.82) is 5.26 Å². The van der Waals surface area contributed by atoms with E-state index < -0.39 is 10.9 Å². The molecule has 0 saturated heterocycles. The van der Waals surface area contributed by atoms with Gasteiger partial charge in [0.2, 0.25) is 0 Å². The van der Waals surface area contributed by atoms with Gasteiger partial charge in [-0.2, -0.15) is 5.26 Å². The summed E-state index contributed by atoms with van der Waals surface area (Å²) in [7, 11) is 0. The molecule has 16 heavy (non-hydrogen) atoms. The predicted octanol–water partition coefficient (Wildman–Crippen LogP) is 1.17. The minimum Gasteiger partial charge on any atom is -0.478 e. The monoisotopic (exact) mass is 216 g/mol. The molecule has 1 aromatic carbocycles. The van der Waals surface area contributed by atoms with Gasteiger partial charge in [-0.3, -0.25) is 10.1 Å². The summed E-state index contributed by atoms with van der Waals surface area (Å²) >= 11 is 0. The molecule has 1 aromatic rings. The lowest BCUT2D eigenvalue weighted by Gasteiger charge is -1.98. The number of benzene rings is 1. The van der Waals surface area contributed by atoms with Crippen molar-refractivity contribution in [3.8, 4) is 17.9 Å². The Bertz CT molecular complexity index is 560. The molecule has 6 nitrogen and oxygen atoms in total. The van der Waals surface area contributed by atoms with Crippen LogP contribution in [0, 0.1) is 33.3 Å². The van der Waals surface area contributed by atoms with Crippen molar-refractivity contribution in [3.05, 3.63) is 39.4 Å². The first kappa shape index (κ1) is 11.2. The van der Waals surface area contributed by atoms with Crippen LogP contribution in [0.4, 0.5) is 5.69 Å². The third-order valence-electron chi connectivity index (χ3n) is 1.70. The van der Waals surface area contributed by atoms with E-state index in [1.165, 1.54) is 6.07 Å². The van der Waals surface area contributed by atoms with Gasteiger partial charge >= 0.3 is 5.97 Å². The third-order valence-corrected chi connectivity index (χ3v) is 1.70. The lowest BCUT2D eigenvalue weighted by atomic mass is 10.1. The number of nitro benzene ring substituents is 1. The van der Waals surface area contributed by atoms with Gasteiger partial charge < -0.3 is 5.11 Å². The van der Waals surface area contributed by atoms with Crippen molar-refractivity contribution in [2.75, 3.05) is 0 Å². The predicted molar refractivity (Wildman–Crippen MR) is 52.5 cm³/mol. The number of hydrogen-bond acceptors (Lipinski definition) is 4. The molecule has 0 heterocycles. The molecule has 0 spiro atoms. The van der Waals surface area contributed by atoms with Gasteiger partial charge in [0.25, 0.3) is 5.69 Å². The van der Waals surface area contributed by atoms with Gasteiger partial charge in [0, 0.05) is 23.6 Å². The van der Waals surface area contributed by atoms with Crippen LogP contribution in [0.1, 0.15) is 15.9 Å². The van der Waals surface area contributed by atoms with Crippen molar-refractivity contribution in [2.45, 2.75) is 0 Å². The highest BCUT2D eigenvalue weighted by Crippen LogP contribution is 2.17. The third kappa shape index (κ3) is 2.34. The number of nitrogens with zero attached hydrogens (tertiary/aromatic N) is 2. The molecule has 0 bridgehead atoms. The van der Waals surface area contributed by atoms with Crippen molar-refractivity contribution in [2.24, 2.45) is 0 Å². The zero-order valence-corrected chi connectivity index (χ0v) is 7.80. The average molecular weight is 216 g/mol. The van der Waals surface area contributed by atoms with E-state index in [2.05, 4.69) is 5.92 Å². The maximum atomic E-state index is 10.7. The molecule has 0 atom stereocenters. The lowest BCUT2D eigenvalue weighted by molar-refractivity contribution is -0.384. The normalized spacial score (nSPS) is 8.44. The molecule has 0 aliphatic heterocycles. The first-order chi connectivity index (χ1) is 7.56. The van der Waals surface area contributed by atoms with Gasteiger partial charge in [0.05, 0.1) is 10.5 Å². The molecule has 0 aromatic heterocycles. The molecule has 0 aliphatic carbocycles. The summed E-state index contributed by atoms with van der Waals surface area (Å²) < 4.78 is 0. The van der Waals surface area contributed by atoms with Gasteiger partial charge in [-0.05, 0) is 12.0 Å². The maximum absolute atomic E-state index is 10.7. The van der Waals surface area contributed by atoms with E-state index in [-0.39, 0.29) is 16.8 Å². The standard InChI is InChI=1S/C10H4N2O4/c11-5-1-2-7-6-8(12(15)16)3-4-9(7)10(13)14/h3-4,6H,(H,13,14). The van der Waals surface area contributed by atoms with Crippen molar-refractivity contribution < 1.29 is 14.8 Å². The molecule has 1 N–H and O–H groups in total. The number of nitro groups is 1. The average Bonchev–Trinajstić information content (AvgIpc) is 2.25. The van der Waals surface area contributed by atoms with Crippen LogP contribution in [0.3, 0.4) is 0 Å². The number of rotatable bonds is 2. The Kier molecular flexibility index (Phi) is 3.21. The molecule has 0 amide bonds. The summed E-state index contributed by atoms with van der Waals surface area (Å²) in [5.41, 5.74) is -0.496. The quantitative estimate of drug-likeness (QED) is 0.453. The molecule has 0 unspecified atom stereocenters. The summed E-state index contributed by atoms with van der Waals surface area (Å²) in [6.07, 6.45) is 0. The minimum absolute atomic E-state index is 0.0525. The second-order valence-electron chi connectivity index (χ2n) is 2.65. The maximum Gasteiger partial charge on any atom is 0.336 e. The zero-order valence-electron chi connectivity index (χ0n) is 7.80. The Morgan fingerprint density at radius 3 is 2.69 bits per heavy atom. The number of aromatic carboxylic acids is 1. The summed E-state index contributed by atoms with van der Waals surface area (Å²) in [5.74, 6) is 2.99. The molecular weight excluding hydrogens is 212 g/mol. The molecule has 1 rings (SSSR count). The largest absolute Gasteiger partial charge is 0.478 e. The lowest BCUT2D eigenvalue weighted by Crippen LogP contribution is -2.01. The topological polar surface area (TPSA) is 104 Å². The van der Waals surface area contributed by atoms with Gasteiger partial charge in [-0.15, -0.1) is 0 Å². The van der Waals surface area contributed by atoms with Crippen LogP contribution >= 0.6 is 0 Å². The van der Waals surface area contributed by atoms with E-state index in [0.29, 0.717) is 0 Å². The van der Waals surface area contributed by atoms with Crippen molar-refractivity contribution >= 4 is 11.7 Å². The Hall–Kier alpha value is -2.86. The fourth-order valence-electron chi connectivity index (χ4n) is 1.03. The molecule has 0 fully saturated rings. The Morgan fingerprint density at radius 1 is 1.50 bits per heavy atom. The van der Waals surface area contributed by atoms with Crippen LogP contribution in [0.2, 0.25) is 0 Å². The van der Waals surface area contributed by atoms with Crippen LogP contribution in [0.5, 0.6) is 0 Å². The van der Waals surface area contributed by atoms with Crippen LogP contribution < -0.4 is 0 Å². The minimum atomic E-state index is -1.25. The number of non-ortho nitro benzene ring substituents is 1. The number of carboxylic acid groups (broad SMARTS) is 1. The SMILES string of the molecule is N#CC#Cc1cc([N+](=O)[O-])ccc1C(=O)O. The Morgan fingerprint density at radius 2 is 2.19 bits per heavy atom. The van der Waals surface area contributed by atoms with Crippen molar-refractivity contribution in [1.82, 2.24) is 0 Å². The Balaban J connectivity index is 3.39. The summed E-state index contributed by atoms with van der Waals surface area (Å²) in [5, 5.41) is 27.5. The summed E-state index contributed by atoms with van der Waals surface area (Å²) in [4.78, 5) is 20.5. The van der Waals surface area contributed by atoms with E-state index >= 15 is 0 Å². The van der Waals surface area contributed by atoms with E-state index in [1.54, 1.807) is 0 Å². The van der Waals surface area contributed by atoms with Gasteiger partial charge in [-0.1, -0.05) is 0 Å². The van der Waals surface area contributed by atoms with Gasteiger partial charge in [-0.25, -0.2) is 4.79 Å². The van der Waals surface area contributed by atoms with Crippen LogP contribution in [0.25, 0.3) is 0 Å². The highest BCUT2D eigenvalue weighted by molar-refractivity contribution is 5.91. The van der Waals surface area contributed by atoms with Crippen LogP contribution in [-0.4, -0.2) is 16.0 Å². The van der Waals surface area contributed by atoms with Crippen LogP contribution in [-0.2, 0) is 0 Å².